The maximum Gasteiger partial charge on any atom is -0.147 e. The molecule has 0 amide bonds. The van der Waals surface area contributed by atoms with E-state index in [1.54, 1.807) is 0 Å². The van der Waals surface area contributed by atoms with Crippen molar-refractivity contribution in [2.45, 2.75) is 26.1 Å². The molecule has 0 unspecified atom stereocenters. The fourth-order valence-corrected chi connectivity index (χ4v) is 2.00. The summed E-state index contributed by atoms with van der Waals surface area (Å²) in [5.74, 6) is 0. The summed E-state index contributed by atoms with van der Waals surface area (Å²) in [6.45, 7) is 7.49. The predicted octanol–water partition coefficient (Wildman–Crippen LogP) is 3.44. The van der Waals surface area contributed by atoms with Gasteiger partial charge in [0.1, 0.15) is 0 Å². The van der Waals surface area contributed by atoms with Crippen LogP contribution in [-0.4, -0.2) is 14.9 Å². The van der Waals surface area contributed by atoms with E-state index >= 15 is 0 Å². The fraction of sp³-hybridized carbons (Fsp3) is 0.556. The molecule has 1 nitrogen and oxygen atoms in total. The Morgan fingerprint density at radius 1 is 1.36 bits per heavy atom. The Bertz CT molecular complexity index is 233. The zero-order valence-electron chi connectivity index (χ0n) is 8.79. The third-order valence-electron chi connectivity index (χ3n) is 1.69. The van der Waals surface area contributed by atoms with Crippen LogP contribution in [0.15, 0.2) is 21.6 Å². The molecular formula is C9H17Cl2OSiTi. The van der Waals surface area contributed by atoms with Crippen molar-refractivity contribution in [2.24, 2.45) is 0 Å². The van der Waals surface area contributed by atoms with E-state index in [1.165, 1.54) is 9.45 Å². The minimum atomic E-state index is -1.32. The average Bonchev–Trinajstić information content (AvgIpc) is 2.29. The van der Waals surface area contributed by atoms with E-state index in [4.69, 9.17) is 4.43 Å². The first kappa shape index (κ1) is 17.3. The summed E-state index contributed by atoms with van der Waals surface area (Å²) in [5.41, 5.74) is 1.39. The summed E-state index contributed by atoms with van der Waals surface area (Å²) in [6, 6.07) is 0. The van der Waals surface area contributed by atoms with Gasteiger partial charge < -0.3 is 0 Å². The van der Waals surface area contributed by atoms with Gasteiger partial charge in [-0.3, -0.25) is 0 Å². The molecule has 0 bridgehead atoms. The summed E-state index contributed by atoms with van der Waals surface area (Å²) in [4.78, 5) is 0. The molecule has 81 valence electrons. The van der Waals surface area contributed by atoms with E-state index in [0.29, 0.717) is 0 Å². The second-order valence-corrected chi connectivity index (χ2v) is 9.47. The van der Waals surface area contributed by atoms with Crippen molar-refractivity contribution in [1.29, 1.82) is 0 Å². The molecule has 0 radical (unpaired) electrons. The quantitative estimate of drug-likeness (QED) is 0.723. The zero-order chi connectivity index (χ0) is 9.19. The molecule has 0 aliphatic heterocycles. The first-order valence-electron chi connectivity index (χ1n) is 4.23. The minimum Gasteiger partial charge on any atom is -0.147 e. The Morgan fingerprint density at radius 3 is 2.29 bits per heavy atom. The van der Waals surface area contributed by atoms with Crippen LogP contribution in [0, 0.1) is 0 Å². The molecule has 5 heteroatoms. The number of hydrogen-bond acceptors (Lipinski definition) is 1. The third kappa shape index (κ3) is 6.44. The van der Waals surface area contributed by atoms with Crippen molar-refractivity contribution in [2.75, 3.05) is 6.61 Å². The van der Waals surface area contributed by atoms with Crippen LogP contribution in [0.1, 0.15) is 6.42 Å². The van der Waals surface area contributed by atoms with E-state index in [0.717, 1.165) is 13.0 Å². The van der Waals surface area contributed by atoms with Crippen LogP contribution < -0.4 is 0 Å². The average molecular weight is 288 g/mol. The van der Waals surface area contributed by atoms with Gasteiger partial charge in [-0.1, -0.05) is 0 Å². The van der Waals surface area contributed by atoms with E-state index in [-0.39, 0.29) is 24.8 Å². The Hall–Kier alpha value is 0.951. The van der Waals surface area contributed by atoms with Crippen LogP contribution in [0.2, 0.25) is 19.6 Å². The maximum absolute atomic E-state index is 5.81. The molecule has 0 heterocycles. The first-order valence-corrected chi connectivity index (χ1v) is 8.42. The van der Waals surface area contributed by atoms with Crippen LogP contribution in [0.4, 0.5) is 0 Å². The largest absolute Gasteiger partial charge is 0.147 e. The van der Waals surface area contributed by atoms with Gasteiger partial charge in [-0.25, -0.2) is 0 Å². The van der Waals surface area contributed by atoms with Gasteiger partial charge in [0.15, 0.2) is 0 Å². The fourth-order valence-electron chi connectivity index (χ4n) is 0.980. The van der Waals surface area contributed by atoms with Gasteiger partial charge in [-0.15, -0.1) is 24.8 Å². The van der Waals surface area contributed by atoms with Gasteiger partial charge in [0.2, 0.25) is 0 Å². The number of halogens is 2. The van der Waals surface area contributed by atoms with Crippen molar-refractivity contribution in [3.8, 4) is 0 Å². The van der Waals surface area contributed by atoms with Gasteiger partial charge in [-0.05, 0) is 0 Å². The molecule has 1 aliphatic rings. The Balaban J connectivity index is 0. The van der Waals surface area contributed by atoms with Crippen LogP contribution in [-0.2, 0) is 24.9 Å². The predicted molar refractivity (Wildman–Crippen MR) is 64.6 cm³/mol. The van der Waals surface area contributed by atoms with Gasteiger partial charge in [0.25, 0.3) is 0 Å². The van der Waals surface area contributed by atoms with Crippen LogP contribution >= 0.6 is 24.8 Å². The summed E-state index contributed by atoms with van der Waals surface area (Å²) in [6.07, 6.45) is 5.51. The van der Waals surface area contributed by atoms with E-state index in [2.05, 4.69) is 52.2 Å². The maximum atomic E-state index is 5.81. The van der Waals surface area contributed by atoms with Gasteiger partial charge in [0, 0.05) is 0 Å². The molecule has 1 rings (SSSR count). The summed E-state index contributed by atoms with van der Waals surface area (Å²) >= 11 is 2.18. The van der Waals surface area contributed by atoms with Gasteiger partial charge in [-0.2, -0.15) is 0 Å². The zero-order valence-corrected chi connectivity index (χ0v) is 13.0. The molecule has 0 atom stereocenters. The Kier molecular flexibility index (Phi) is 9.00. The van der Waals surface area contributed by atoms with Crippen LogP contribution in [0.3, 0.4) is 0 Å². The van der Waals surface area contributed by atoms with Crippen LogP contribution in [0.5, 0.6) is 0 Å². The number of allylic oxidation sites excluding steroid dienone is 2. The molecule has 0 N–H and O–H groups in total. The molecule has 0 saturated carbocycles. The van der Waals surface area contributed by atoms with Crippen molar-refractivity contribution in [3.63, 3.8) is 0 Å². The smallest absolute Gasteiger partial charge is 0.147 e. The Morgan fingerprint density at radius 2 is 1.93 bits per heavy atom. The molecule has 0 aromatic heterocycles. The van der Waals surface area contributed by atoms with E-state index < -0.39 is 8.32 Å². The monoisotopic (exact) mass is 287 g/mol. The number of rotatable bonds is 3. The molecule has 14 heavy (non-hydrogen) atoms. The molecular weight excluding hydrogens is 271 g/mol. The number of hydrogen-bond donors (Lipinski definition) is 0. The topological polar surface area (TPSA) is 9.23 Å². The van der Waals surface area contributed by atoms with Crippen molar-refractivity contribution < 1.29 is 24.9 Å². The standard InChI is InChI=1S/C9H15OSi.2ClH.Ti/c1-11(2,3)10-8-9-6-4-5-7-9;;;/h4,6H,5,8H2,1-3H3;2*1H;. The summed E-state index contributed by atoms with van der Waals surface area (Å²) in [7, 11) is -1.32. The molecule has 0 fully saturated rings. The van der Waals surface area contributed by atoms with Crippen molar-refractivity contribution in [3.05, 3.63) is 21.6 Å². The summed E-state index contributed by atoms with van der Waals surface area (Å²) in [5, 5.41) is 0. The summed E-state index contributed by atoms with van der Waals surface area (Å²) < 4.78 is 7.28. The SMILES string of the molecule is C[Si](C)(C)OCC1=[C]([Ti])CC=C1.Cl.Cl. The first-order chi connectivity index (χ1) is 5.49. The van der Waals surface area contributed by atoms with Crippen LogP contribution in [0.25, 0.3) is 0 Å². The molecule has 0 saturated heterocycles. The second kappa shape index (κ2) is 7.26. The van der Waals surface area contributed by atoms with Gasteiger partial charge >= 0.3 is 87.5 Å². The van der Waals surface area contributed by atoms with Crippen molar-refractivity contribution >= 4 is 33.1 Å². The Labute approximate surface area is 112 Å². The normalized spacial score (nSPS) is 15.0. The molecule has 0 aromatic carbocycles. The molecule has 0 spiro atoms. The molecule has 1 aliphatic carbocycles. The second-order valence-electron chi connectivity index (χ2n) is 4.01. The van der Waals surface area contributed by atoms with Gasteiger partial charge in [0.05, 0.1) is 0 Å². The molecule has 0 aromatic rings. The third-order valence-corrected chi connectivity index (χ3v) is 3.52. The van der Waals surface area contributed by atoms with E-state index in [1.807, 2.05) is 0 Å². The van der Waals surface area contributed by atoms with Crippen molar-refractivity contribution in [1.82, 2.24) is 0 Å². The van der Waals surface area contributed by atoms with E-state index in [9.17, 15) is 0 Å². The minimum absolute atomic E-state index is 0.